The van der Waals surface area contributed by atoms with E-state index in [4.69, 9.17) is 17.2 Å². The molecule has 0 radical (unpaired) electrons. The predicted molar refractivity (Wildman–Crippen MR) is 246 cm³/mol. The summed E-state index contributed by atoms with van der Waals surface area (Å²) in [5.74, 6) is -6.79. The summed E-state index contributed by atoms with van der Waals surface area (Å²) in [6.07, 6.45) is 4.33. The van der Waals surface area contributed by atoms with E-state index >= 15 is 4.79 Å². The van der Waals surface area contributed by atoms with Gasteiger partial charge in [-0.15, -0.1) is 5.10 Å². The van der Waals surface area contributed by atoms with E-state index in [2.05, 4.69) is 48.8 Å². The maximum atomic E-state index is 15.0. The molecule has 4 heterocycles. The minimum Gasteiger partial charge on any atom is -0.370 e. The molecule has 2 aromatic heterocycles. The van der Waals surface area contributed by atoms with Crippen molar-refractivity contribution in [3.05, 3.63) is 72.1 Å². The van der Waals surface area contributed by atoms with Crippen molar-refractivity contribution in [2.45, 2.75) is 121 Å². The molecule has 0 aliphatic carbocycles. The van der Waals surface area contributed by atoms with Gasteiger partial charge in [0.25, 0.3) is 0 Å². The van der Waals surface area contributed by atoms with Crippen LogP contribution in [-0.2, 0) is 51.2 Å². The van der Waals surface area contributed by atoms with E-state index in [1.54, 1.807) is 30.9 Å². The van der Waals surface area contributed by atoms with Crippen molar-refractivity contribution in [2.75, 3.05) is 13.1 Å². The molecule has 2 saturated heterocycles. The van der Waals surface area contributed by atoms with Crippen LogP contribution in [0.15, 0.2) is 60.9 Å². The predicted octanol–water partition coefficient (Wildman–Crippen LogP) is -0.263. The minimum absolute atomic E-state index is 0.0205. The Morgan fingerprint density at radius 1 is 0.866 bits per heavy atom. The fourth-order valence-electron chi connectivity index (χ4n) is 8.42. The van der Waals surface area contributed by atoms with Crippen molar-refractivity contribution in [1.29, 1.82) is 0 Å². The number of carbonyl (C=O) groups is 8. The maximum Gasteiger partial charge on any atom is 0.246 e. The normalized spacial score (nSPS) is 24.7. The van der Waals surface area contributed by atoms with Gasteiger partial charge in [-0.1, -0.05) is 74.9 Å². The fourth-order valence-corrected chi connectivity index (χ4v) is 8.42. The number of aromatic nitrogens is 4. The molecule has 0 saturated carbocycles. The van der Waals surface area contributed by atoms with Crippen LogP contribution in [0, 0.1) is 5.92 Å². The van der Waals surface area contributed by atoms with E-state index in [1.807, 2.05) is 48.5 Å². The van der Waals surface area contributed by atoms with E-state index < -0.39 is 108 Å². The molecule has 0 unspecified atom stereocenters. The first-order valence-electron chi connectivity index (χ1n) is 22.7. The number of nitrogens with one attached hydrogen (secondary N) is 6. The number of amides is 8. The number of fused-ring (bicyclic) bond motifs is 2. The van der Waals surface area contributed by atoms with Crippen molar-refractivity contribution in [1.82, 2.24) is 51.5 Å². The first-order valence-corrected chi connectivity index (χ1v) is 22.7. The number of primary amides is 2. The number of benzene rings is 2. The molecule has 0 spiro atoms. The molecule has 358 valence electrons. The lowest BCUT2D eigenvalue weighted by Gasteiger charge is -2.33. The van der Waals surface area contributed by atoms with Crippen LogP contribution in [0.4, 0.5) is 0 Å². The van der Waals surface area contributed by atoms with E-state index in [0.29, 0.717) is 30.5 Å². The monoisotopic (exact) mass is 923 g/mol. The molecule has 21 heteroatoms. The Labute approximate surface area is 387 Å². The second-order valence-electron chi connectivity index (χ2n) is 17.4. The minimum atomic E-state index is -1.58. The Balaban J connectivity index is 1.39. The number of aromatic amines is 1. The van der Waals surface area contributed by atoms with Gasteiger partial charge in [0.15, 0.2) is 0 Å². The second-order valence-corrected chi connectivity index (χ2v) is 17.4. The Morgan fingerprint density at radius 3 is 2.28 bits per heavy atom. The van der Waals surface area contributed by atoms with Crippen LogP contribution in [0.3, 0.4) is 0 Å². The Hall–Kier alpha value is -7.16. The van der Waals surface area contributed by atoms with Gasteiger partial charge < -0.3 is 53.7 Å². The quantitative estimate of drug-likeness (QED) is 0.0998. The van der Waals surface area contributed by atoms with E-state index in [-0.39, 0.29) is 32.4 Å². The maximum absolute atomic E-state index is 15.0. The second kappa shape index (κ2) is 22.4. The molecular weight excluding hydrogens is 863 g/mol. The molecule has 67 heavy (non-hydrogen) atoms. The summed E-state index contributed by atoms with van der Waals surface area (Å²) < 4.78 is 1.58. The van der Waals surface area contributed by atoms with Gasteiger partial charge in [-0.05, 0) is 48.8 Å². The zero-order valence-electron chi connectivity index (χ0n) is 38.0. The molecule has 2 fully saturated rings. The third kappa shape index (κ3) is 12.4. The van der Waals surface area contributed by atoms with Crippen molar-refractivity contribution < 1.29 is 38.4 Å². The number of nitrogens with zero attached hydrogens (tertiary/aromatic N) is 4. The van der Waals surface area contributed by atoms with Crippen molar-refractivity contribution in [2.24, 2.45) is 23.1 Å². The molecule has 2 aromatic carbocycles. The summed E-state index contributed by atoms with van der Waals surface area (Å²) in [5.41, 5.74) is 21.3. The van der Waals surface area contributed by atoms with Gasteiger partial charge >= 0.3 is 0 Å². The van der Waals surface area contributed by atoms with Crippen LogP contribution in [-0.4, -0.2) is 121 Å². The zero-order valence-corrected chi connectivity index (χ0v) is 38.0. The van der Waals surface area contributed by atoms with E-state index in [1.165, 1.54) is 4.90 Å². The Bertz CT molecular complexity index is 2450. The van der Waals surface area contributed by atoms with Gasteiger partial charge in [0.2, 0.25) is 47.3 Å². The van der Waals surface area contributed by atoms with Gasteiger partial charge in [0, 0.05) is 48.6 Å². The molecule has 21 nitrogen and oxygen atoms in total. The van der Waals surface area contributed by atoms with Crippen LogP contribution in [0.1, 0.15) is 82.9 Å². The van der Waals surface area contributed by atoms with E-state index in [0.717, 1.165) is 28.5 Å². The van der Waals surface area contributed by atoms with Gasteiger partial charge in [0.05, 0.1) is 31.1 Å². The molecular formula is C46H61N13O8. The molecule has 12 N–H and O–H groups in total. The molecule has 8 atom stereocenters. The summed E-state index contributed by atoms with van der Waals surface area (Å²) in [6.45, 7) is 5.63. The van der Waals surface area contributed by atoms with Crippen LogP contribution in [0.25, 0.3) is 22.2 Å². The smallest absolute Gasteiger partial charge is 0.246 e. The highest BCUT2D eigenvalue weighted by Crippen LogP contribution is 2.31. The molecule has 2 aliphatic heterocycles. The van der Waals surface area contributed by atoms with Crippen LogP contribution < -0.4 is 43.8 Å². The number of nitrogens with two attached hydrogens (primary N) is 3. The number of para-hydroxylation sites is 1. The lowest BCUT2D eigenvalue weighted by atomic mass is 9.96. The molecule has 2 aliphatic rings. The average Bonchev–Trinajstić information content (AvgIpc) is 4.08. The van der Waals surface area contributed by atoms with Crippen LogP contribution in [0.2, 0.25) is 0 Å². The lowest BCUT2D eigenvalue weighted by molar-refractivity contribution is -0.143. The Kier molecular flexibility index (Phi) is 16.4. The molecule has 6 rings (SSSR count). The Morgan fingerprint density at radius 2 is 1.58 bits per heavy atom. The first-order chi connectivity index (χ1) is 32.1. The summed E-state index contributed by atoms with van der Waals surface area (Å²) in [6, 6.07) is 6.71. The third-order valence-electron chi connectivity index (χ3n) is 12.6. The fraction of sp³-hybridized carbons (Fsp3) is 0.478. The number of H-pyrrole nitrogens is 1. The van der Waals surface area contributed by atoms with Crippen molar-refractivity contribution in [3.63, 3.8) is 0 Å². The number of rotatable bonds is 10. The number of hydrogen-bond acceptors (Lipinski definition) is 11. The van der Waals surface area contributed by atoms with E-state index in [9.17, 15) is 33.6 Å². The third-order valence-corrected chi connectivity index (χ3v) is 12.6. The lowest BCUT2D eigenvalue weighted by Crippen LogP contribution is -2.60. The summed E-state index contributed by atoms with van der Waals surface area (Å²) in [7, 11) is 0. The van der Waals surface area contributed by atoms with Crippen LogP contribution in [0.5, 0.6) is 0 Å². The topological polar surface area (TPSA) is 325 Å². The standard InChI is InChI=1S/C46H61N13O8/c1-4-25(3)40-46(67)58-23-29(59-24-36(56-57-59)27-15-13-26(5-2)14-16-27)19-37(58)45(66)54-34(18-28-22-51-32-11-7-6-10-30(28)32)43(64)52-33(41(49)62)12-8-9-17-50-39(61)20-31(47)42(63)53-35(21-38(48)60)44(65)55-40/h6-7,10-11,13-16,22,24-25,29,31,33-35,37,40,51H,4-5,8-9,12,17-21,23,47H2,1-3H3,(H2,48,60)(H2,49,62)(H,50,61)(H,52,64)(H,53,63)(H,54,66)(H,55,65)/t25-,29-,31-,33-,34-,35-,37-,40-/m0/s1. The van der Waals surface area contributed by atoms with Crippen LogP contribution >= 0.6 is 0 Å². The average molecular weight is 924 g/mol. The molecule has 4 aromatic rings. The van der Waals surface area contributed by atoms with Gasteiger partial charge in [-0.2, -0.15) is 0 Å². The van der Waals surface area contributed by atoms with Gasteiger partial charge in [0.1, 0.15) is 35.9 Å². The highest BCUT2D eigenvalue weighted by molar-refractivity contribution is 5.99. The van der Waals surface area contributed by atoms with Gasteiger partial charge in [-0.25, -0.2) is 4.68 Å². The SMILES string of the molecule is CCc1ccc(-c2cn([C@H]3C[C@H]4C(=O)N[C@@H](Cc5c[nH]c6ccccc56)C(=O)N[C@H](C(N)=O)CCCCNC(=O)C[C@H](N)C(=O)N[C@@H](CC(N)=O)C(=O)N[C@@H]([C@@H](C)CC)C(=O)N4C3)nn2)cc1. The van der Waals surface area contributed by atoms with Gasteiger partial charge in [-0.3, -0.25) is 38.4 Å². The zero-order chi connectivity index (χ0) is 48.4. The van der Waals surface area contributed by atoms with Crippen molar-refractivity contribution in [3.8, 4) is 11.3 Å². The summed E-state index contributed by atoms with van der Waals surface area (Å²) >= 11 is 0. The highest BCUT2D eigenvalue weighted by Gasteiger charge is 2.45. The molecule has 8 amide bonds. The largest absolute Gasteiger partial charge is 0.370 e. The number of carbonyl (C=O) groups excluding carboxylic acids is 8. The number of aryl methyl sites for hydroxylation is 1. The summed E-state index contributed by atoms with van der Waals surface area (Å²) in [5, 5.41) is 23.0. The molecule has 0 bridgehead atoms. The first kappa shape index (κ1) is 49.3. The summed E-state index contributed by atoms with van der Waals surface area (Å²) in [4.78, 5) is 114. The van der Waals surface area contributed by atoms with Crippen molar-refractivity contribution >= 4 is 58.2 Å². The highest BCUT2D eigenvalue weighted by atomic mass is 16.2. The number of hydrogen-bond donors (Lipinski definition) is 9.